The topological polar surface area (TPSA) is 55.8 Å². The smallest absolute Gasteiger partial charge is 0.191 e. The predicted octanol–water partition coefficient (Wildman–Crippen LogP) is 0.908. The molecule has 0 aromatic carbocycles. The number of aromatic nitrogens is 1. The summed E-state index contributed by atoms with van der Waals surface area (Å²) in [5.74, 6) is 1.93. The van der Waals surface area contributed by atoms with Gasteiger partial charge in [-0.15, -0.1) is 0 Å². The van der Waals surface area contributed by atoms with Gasteiger partial charge in [0, 0.05) is 58.1 Å². The summed E-state index contributed by atoms with van der Waals surface area (Å²) in [7, 11) is 3.97. The summed E-state index contributed by atoms with van der Waals surface area (Å²) in [5, 5.41) is 6.66. The summed E-state index contributed by atoms with van der Waals surface area (Å²) in [5.41, 5.74) is 1.21. The Kier molecular flexibility index (Phi) is 6.45. The lowest BCUT2D eigenvalue weighted by atomic mass is 10.2. The van der Waals surface area contributed by atoms with Crippen LogP contribution in [0.25, 0.3) is 0 Å². The molecule has 1 fully saturated rings. The monoisotopic (exact) mass is 304 g/mol. The number of anilines is 1. The third kappa shape index (κ3) is 4.59. The number of hydrogen-bond donors (Lipinski definition) is 2. The van der Waals surface area contributed by atoms with Crippen molar-refractivity contribution in [3.8, 4) is 0 Å². The first-order valence-electron chi connectivity index (χ1n) is 8.06. The van der Waals surface area contributed by atoms with E-state index in [1.807, 2.05) is 12.3 Å². The van der Waals surface area contributed by atoms with E-state index in [4.69, 9.17) is 0 Å². The summed E-state index contributed by atoms with van der Waals surface area (Å²) in [4.78, 5) is 13.6. The highest BCUT2D eigenvalue weighted by molar-refractivity contribution is 5.79. The van der Waals surface area contributed by atoms with Gasteiger partial charge < -0.3 is 20.4 Å². The molecule has 0 spiro atoms. The van der Waals surface area contributed by atoms with E-state index in [1.54, 1.807) is 7.05 Å². The minimum Gasteiger partial charge on any atom is -0.356 e. The number of pyridine rings is 1. The van der Waals surface area contributed by atoms with E-state index in [0.29, 0.717) is 0 Å². The van der Waals surface area contributed by atoms with Crippen molar-refractivity contribution in [3.05, 3.63) is 23.9 Å². The minimum atomic E-state index is 0.735. The molecule has 2 rings (SSSR count). The number of rotatable bonds is 5. The van der Waals surface area contributed by atoms with Gasteiger partial charge >= 0.3 is 0 Å². The molecule has 1 aromatic heterocycles. The molecule has 2 N–H and O–H groups in total. The number of aliphatic imine (C=N–C) groups is 1. The molecule has 0 bridgehead atoms. The molecule has 6 nitrogen and oxygen atoms in total. The molecule has 2 heterocycles. The van der Waals surface area contributed by atoms with Crippen LogP contribution in [0.4, 0.5) is 5.82 Å². The standard InChI is InChI=1S/C16H28N6/c1-4-7-19-16(17-2)20-13-14-6-5-8-18-15(14)22-11-9-21(3)10-12-22/h5-6,8H,4,7,9-13H2,1-3H3,(H2,17,19,20). The lowest BCUT2D eigenvalue weighted by molar-refractivity contribution is 0.312. The molecule has 0 atom stereocenters. The second-order valence-electron chi connectivity index (χ2n) is 5.63. The molecule has 0 amide bonds. The minimum absolute atomic E-state index is 0.735. The Morgan fingerprint density at radius 3 is 2.73 bits per heavy atom. The lowest BCUT2D eigenvalue weighted by Crippen LogP contribution is -2.45. The van der Waals surface area contributed by atoms with Gasteiger partial charge in [-0.25, -0.2) is 4.98 Å². The quantitative estimate of drug-likeness (QED) is 0.625. The van der Waals surface area contributed by atoms with Crippen LogP contribution >= 0.6 is 0 Å². The van der Waals surface area contributed by atoms with Crippen molar-refractivity contribution in [3.63, 3.8) is 0 Å². The Balaban J connectivity index is 1.99. The van der Waals surface area contributed by atoms with Crippen LogP contribution in [0, 0.1) is 0 Å². The van der Waals surface area contributed by atoms with Gasteiger partial charge in [-0.3, -0.25) is 4.99 Å². The Morgan fingerprint density at radius 2 is 2.05 bits per heavy atom. The summed E-state index contributed by atoms with van der Waals surface area (Å²) < 4.78 is 0. The molecule has 1 aromatic rings. The number of nitrogens with zero attached hydrogens (tertiary/aromatic N) is 4. The first kappa shape index (κ1) is 16.5. The largest absolute Gasteiger partial charge is 0.356 e. The van der Waals surface area contributed by atoms with E-state index in [2.05, 4.69) is 50.4 Å². The lowest BCUT2D eigenvalue weighted by Gasteiger charge is -2.34. The average Bonchev–Trinajstić information content (AvgIpc) is 2.56. The SMILES string of the molecule is CCCNC(=NC)NCc1cccnc1N1CCN(C)CC1. The fourth-order valence-electron chi connectivity index (χ4n) is 2.51. The van der Waals surface area contributed by atoms with Crippen LogP contribution in [-0.4, -0.2) is 62.7 Å². The molecule has 6 heteroatoms. The van der Waals surface area contributed by atoms with Crippen LogP contribution in [0.1, 0.15) is 18.9 Å². The van der Waals surface area contributed by atoms with Gasteiger partial charge in [-0.1, -0.05) is 13.0 Å². The molecule has 22 heavy (non-hydrogen) atoms. The third-order valence-electron chi connectivity index (χ3n) is 3.88. The molecule has 1 aliphatic heterocycles. The van der Waals surface area contributed by atoms with Gasteiger partial charge in [0.1, 0.15) is 5.82 Å². The normalized spacial score (nSPS) is 16.7. The van der Waals surface area contributed by atoms with Gasteiger partial charge in [0.25, 0.3) is 0 Å². The van der Waals surface area contributed by atoms with E-state index in [1.165, 1.54) is 5.56 Å². The van der Waals surface area contributed by atoms with Gasteiger partial charge in [0.15, 0.2) is 5.96 Å². The van der Waals surface area contributed by atoms with Crippen molar-refractivity contribution in [1.82, 2.24) is 20.5 Å². The number of hydrogen-bond acceptors (Lipinski definition) is 4. The molecule has 122 valence electrons. The Labute approximate surface area is 133 Å². The summed E-state index contributed by atoms with van der Waals surface area (Å²) in [6.07, 6.45) is 2.96. The van der Waals surface area contributed by atoms with E-state index >= 15 is 0 Å². The zero-order valence-corrected chi connectivity index (χ0v) is 14.0. The zero-order valence-electron chi connectivity index (χ0n) is 14.0. The molecule has 0 unspecified atom stereocenters. The van der Waals surface area contributed by atoms with E-state index in [0.717, 1.165) is 57.5 Å². The van der Waals surface area contributed by atoms with Gasteiger partial charge in [-0.05, 0) is 19.5 Å². The Hall–Kier alpha value is -1.82. The number of guanidine groups is 1. The van der Waals surface area contributed by atoms with Gasteiger partial charge in [-0.2, -0.15) is 0 Å². The maximum Gasteiger partial charge on any atom is 0.191 e. The second-order valence-corrected chi connectivity index (χ2v) is 5.63. The molecule has 0 saturated carbocycles. The highest BCUT2D eigenvalue weighted by Crippen LogP contribution is 2.18. The Bertz CT molecular complexity index is 479. The van der Waals surface area contributed by atoms with Gasteiger partial charge in [0.05, 0.1) is 0 Å². The van der Waals surface area contributed by atoms with Crippen LogP contribution in [0.15, 0.2) is 23.3 Å². The molecule has 1 aliphatic rings. The van der Waals surface area contributed by atoms with Crippen LogP contribution in [0.5, 0.6) is 0 Å². The first-order valence-corrected chi connectivity index (χ1v) is 8.06. The zero-order chi connectivity index (χ0) is 15.8. The van der Waals surface area contributed by atoms with Crippen LogP contribution in [0.3, 0.4) is 0 Å². The summed E-state index contributed by atoms with van der Waals surface area (Å²) in [6.45, 7) is 8.04. The van der Waals surface area contributed by atoms with Crippen molar-refractivity contribution in [2.75, 3.05) is 51.7 Å². The molecular formula is C16H28N6. The number of nitrogens with one attached hydrogen (secondary N) is 2. The predicted molar refractivity (Wildman–Crippen MR) is 92.4 cm³/mol. The highest BCUT2D eigenvalue weighted by Gasteiger charge is 2.17. The highest BCUT2D eigenvalue weighted by atomic mass is 15.3. The maximum absolute atomic E-state index is 4.60. The summed E-state index contributed by atoms with van der Waals surface area (Å²) in [6, 6.07) is 4.14. The second kappa shape index (κ2) is 8.58. The Morgan fingerprint density at radius 1 is 1.27 bits per heavy atom. The number of likely N-dealkylation sites (N-methyl/N-ethyl adjacent to an activating group) is 1. The fourth-order valence-corrected chi connectivity index (χ4v) is 2.51. The van der Waals surface area contributed by atoms with Crippen molar-refractivity contribution >= 4 is 11.8 Å². The molecule has 1 saturated heterocycles. The van der Waals surface area contributed by atoms with Crippen LogP contribution in [-0.2, 0) is 6.54 Å². The van der Waals surface area contributed by atoms with Gasteiger partial charge in [0.2, 0.25) is 0 Å². The average molecular weight is 304 g/mol. The third-order valence-corrected chi connectivity index (χ3v) is 3.88. The van der Waals surface area contributed by atoms with E-state index in [9.17, 15) is 0 Å². The van der Waals surface area contributed by atoms with Crippen LogP contribution in [0.2, 0.25) is 0 Å². The van der Waals surface area contributed by atoms with E-state index < -0.39 is 0 Å². The van der Waals surface area contributed by atoms with E-state index in [-0.39, 0.29) is 0 Å². The van der Waals surface area contributed by atoms with Crippen molar-refractivity contribution in [2.45, 2.75) is 19.9 Å². The first-order chi connectivity index (χ1) is 10.7. The fraction of sp³-hybridized carbons (Fsp3) is 0.625. The summed E-state index contributed by atoms with van der Waals surface area (Å²) >= 11 is 0. The molecule has 0 radical (unpaired) electrons. The van der Waals surface area contributed by atoms with Crippen molar-refractivity contribution in [1.29, 1.82) is 0 Å². The maximum atomic E-state index is 4.60. The van der Waals surface area contributed by atoms with Crippen molar-refractivity contribution in [2.24, 2.45) is 4.99 Å². The van der Waals surface area contributed by atoms with Crippen molar-refractivity contribution < 1.29 is 0 Å². The molecular weight excluding hydrogens is 276 g/mol. The molecule has 0 aliphatic carbocycles. The number of piperazine rings is 1. The van der Waals surface area contributed by atoms with Crippen LogP contribution < -0.4 is 15.5 Å².